The SMILES string of the molecule is CCOC(=O)c1cnn(-c2cc(C)c3cccc(C)c3n2)c1NC(=O)CCOc1ccc(C)cc1. The van der Waals surface area contributed by atoms with Crippen LogP contribution in [0.2, 0.25) is 0 Å². The van der Waals surface area contributed by atoms with Crippen molar-refractivity contribution in [2.75, 3.05) is 18.5 Å². The van der Waals surface area contributed by atoms with Gasteiger partial charge in [-0.1, -0.05) is 35.9 Å². The molecule has 0 saturated heterocycles. The average Bonchev–Trinajstić information content (AvgIpc) is 3.24. The van der Waals surface area contributed by atoms with Crippen LogP contribution >= 0.6 is 0 Å². The third kappa shape index (κ3) is 5.32. The predicted octanol–water partition coefficient (Wildman–Crippen LogP) is 4.93. The first-order valence-electron chi connectivity index (χ1n) is 11.5. The van der Waals surface area contributed by atoms with E-state index in [2.05, 4.69) is 10.4 Å². The molecule has 35 heavy (non-hydrogen) atoms. The van der Waals surface area contributed by atoms with Gasteiger partial charge in [-0.3, -0.25) is 4.79 Å². The smallest absolute Gasteiger partial charge is 0.343 e. The van der Waals surface area contributed by atoms with Crippen molar-refractivity contribution in [1.29, 1.82) is 0 Å². The summed E-state index contributed by atoms with van der Waals surface area (Å²) < 4.78 is 12.3. The van der Waals surface area contributed by atoms with E-state index < -0.39 is 5.97 Å². The number of amides is 1. The summed E-state index contributed by atoms with van der Waals surface area (Å²) in [7, 11) is 0. The highest BCUT2D eigenvalue weighted by atomic mass is 16.5. The number of esters is 1. The van der Waals surface area contributed by atoms with E-state index in [1.165, 1.54) is 10.9 Å². The topological polar surface area (TPSA) is 95.3 Å². The van der Waals surface area contributed by atoms with E-state index in [1.807, 2.05) is 69.3 Å². The molecule has 0 spiro atoms. The Labute approximate surface area is 203 Å². The Bertz CT molecular complexity index is 1380. The van der Waals surface area contributed by atoms with Crippen molar-refractivity contribution in [1.82, 2.24) is 14.8 Å². The van der Waals surface area contributed by atoms with Crippen LogP contribution in [0.5, 0.6) is 5.75 Å². The lowest BCUT2D eigenvalue weighted by Gasteiger charge is -2.13. The monoisotopic (exact) mass is 472 g/mol. The van der Waals surface area contributed by atoms with Gasteiger partial charge in [-0.05, 0) is 57.0 Å². The number of aryl methyl sites for hydroxylation is 3. The molecular weight excluding hydrogens is 444 g/mol. The summed E-state index contributed by atoms with van der Waals surface area (Å²) in [6.45, 7) is 8.08. The zero-order valence-electron chi connectivity index (χ0n) is 20.3. The lowest BCUT2D eigenvalue weighted by atomic mass is 10.1. The van der Waals surface area contributed by atoms with Crippen molar-refractivity contribution in [2.24, 2.45) is 0 Å². The molecule has 8 heteroatoms. The number of para-hydroxylation sites is 1. The standard InChI is InChI=1S/C27H28N4O4/c1-5-34-27(33)22-16-28-31(23-15-19(4)21-8-6-7-18(3)25(21)29-23)26(22)30-24(32)13-14-35-20-11-9-17(2)10-12-20/h6-12,15-16H,5,13-14H2,1-4H3,(H,30,32). The molecule has 2 aromatic carbocycles. The molecule has 0 saturated carbocycles. The maximum absolute atomic E-state index is 12.8. The van der Waals surface area contributed by atoms with Crippen LogP contribution in [0.4, 0.5) is 5.82 Å². The Morgan fingerprint density at radius 3 is 2.54 bits per heavy atom. The molecule has 0 radical (unpaired) electrons. The Hall–Kier alpha value is -4.20. The lowest BCUT2D eigenvalue weighted by Crippen LogP contribution is -2.20. The van der Waals surface area contributed by atoms with Crippen molar-refractivity contribution in [3.63, 3.8) is 0 Å². The van der Waals surface area contributed by atoms with Gasteiger partial charge in [-0.2, -0.15) is 9.78 Å². The predicted molar refractivity (Wildman–Crippen MR) is 134 cm³/mol. The molecule has 1 N–H and O–H groups in total. The first-order chi connectivity index (χ1) is 16.9. The summed E-state index contributed by atoms with van der Waals surface area (Å²) >= 11 is 0. The van der Waals surface area contributed by atoms with E-state index >= 15 is 0 Å². The van der Waals surface area contributed by atoms with Gasteiger partial charge in [-0.15, -0.1) is 0 Å². The number of ether oxygens (including phenoxy) is 2. The molecule has 4 aromatic rings. The Kier molecular flexibility index (Phi) is 7.10. The van der Waals surface area contributed by atoms with Gasteiger partial charge in [-0.25, -0.2) is 9.78 Å². The summed E-state index contributed by atoms with van der Waals surface area (Å²) in [5.74, 6) is 0.498. The zero-order valence-corrected chi connectivity index (χ0v) is 20.3. The number of carbonyl (C=O) groups excluding carboxylic acids is 2. The van der Waals surface area contributed by atoms with Crippen LogP contribution in [-0.4, -0.2) is 39.9 Å². The number of aromatic nitrogens is 3. The van der Waals surface area contributed by atoms with Crippen molar-refractivity contribution < 1.29 is 19.1 Å². The molecule has 0 aliphatic rings. The fraction of sp³-hybridized carbons (Fsp3) is 0.259. The van der Waals surface area contributed by atoms with Crippen molar-refractivity contribution >= 4 is 28.6 Å². The van der Waals surface area contributed by atoms with Crippen LogP contribution in [-0.2, 0) is 9.53 Å². The number of carbonyl (C=O) groups is 2. The minimum absolute atomic E-state index is 0.0879. The third-order valence-electron chi connectivity index (χ3n) is 5.59. The molecule has 2 heterocycles. The fourth-order valence-electron chi connectivity index (χ4n) is 3.74. The molecular formula is C27H28N4O4. The number of pyridine rings is 1. The van der Waals surface area contributed by atoms with E-state index in [4.69, 9.17) is 14.5 Å². The van der Waals surface area contributed by atoms with Gasteiger partial charge in [0.15, 0.2) is 11.6 Å². The number of rotatable bonds is 8. The molecule has 2 aromatic heterocycles. The lowest BCUT2D eigenvalue weighted by molar-refractivity contribution is -0.116. The second kappa shape index (κ2) is 10.4. The summed E-state index contributed by atoms with van der Waals surface area (Å²) in [5, 5.41) is 8.21. The Balaban J connectivity index is 1.61. The number of nitrogens with one attached hydrogen (secondary N) is 1. The highest BCUT2D eigenvalue weighted by Gasteiger charge is 2.22. The molecule has 0 unspecified atom stereocenters. The average molecular weight is 473 g/mol. The van der Waals surface area contributed by atoms with Crippen LogP contribution in [0.1, 0.15) is 40.4 Å². The molecule has 180 valence electrons. The highest BCUT2D eigenvalue weighted by molar-refractivity contribution is 6.00. The molecule has 0 atom stereocenters. The largest absolute Gasteiger partial charge is 0.493 e. The number of anilines is 1. The van der Waals surface area contributed by atoms with Crippen molar-refractivity contribution in [3.8, 4) is 11.6 Å². The minimum atomic E-state index is -0.571. The summed E-state index contributed by atoms with van der Waals surface area (Å²) in [6, 6.07) is 15.5. The zero-order chi connectivity index (χ0) is 24.9. The number of hydrogen-bond donors (Lipinski definition) is 1. The van der Waals surface area contributed by atoms with E-state index in [0.717, 1.165) is 27.6 Å². The van der Waals surface area contributed by atoms with E-state index in [9.17, 15) is 9.59 Å². The minimum Gasteiger partial charge on any atom is -0.493 e. The maximum atomic E-state index is 12.8. The molecule has 0 aliphatic heterocycles. The molecule has 4 rings (SSSR count). The quantitative estimate of drug-likeness (QED) is 0.365. The molecule has 0 bridgehead atoms. The third-order valence-corrected chi connectivity index (χ3v) is 5.59. The summed E-state index contributed by atoms with van der Waals surface area (Å²) in [5.41, 5.74) is 4.14. The fourth-order valence-corrected chi connectivity index (χ4v) is 3.74. The van der Waals surface area contributed by atoms with E-state index in [-0.39, 0.29) is 36.9 Å². The van der Waals surface area contributed by atoms with Crippen LogP contribution in [0.15, 0.2) is 54.7 Å². The van der Waals surface area contributed by atoms with Gasteiger partial charge in [0.25, 0.3) is 0 Å². The van der Waals surface area contributed by atoms with Crippen molar-refractivity contribution in [2.45, 2.75) is 34.1 Å². The number of nitrogens with zero attached hydrogens (tertiary/aromatic N) is 3. The molecule has 0 fully saturated rings. The van der Waals surface area contributed by atoms with Gasteiger partial charge < -0.3 is 14.8 Å². The van der Waals surface area contributed by atoms with Crippen LogP contribution in [0.3, 0.4) is 0 Å². The Morgan fingerprint density at radius 2 is 1.80 bits per heavy atom. The second-order valence-electron chi connectivity index (χ2n) is 8.27. The first kappa shape index (κ1) is 23.9. The van der Waals surface area contributed by atoms with Gasteiger partial charge in [0, 0.05) is 5.39 Å². The van der Waals surface area contributed by atoms with Crippen LogP contribution < -0.4 is 10.1 Å². The Morgan fingerprint density at radius 1 is 1.03 bits per heavy atom. The van der Waals surface area contributed by atoms with Gasteiger partial charge in [0.2, 0.25) is 5.91 Å². The van der Waals surface area contributed by atoms with Gasteiger partial charge in [0.05, 0.1) is 31.3 Å². The van der Waals surface area contributed by atoms with Gasteiger partial charge in [0.1, 0.15) is 11.3 Å². The second-order valence-corrected chi connectivity index (χ2v) is 8.27. The summed E-state index contributed by atoms with van der Waals surface area (Å²) in [6.07, 6.45) is 1.47. The maximum Gasteiger partial charge on any atom is 0.343 e. The van der Waals surface area contributed by atoms with E-state index in [0.29, 0.717) is 11.6 Å². The number of fused-ring (bicyclic) bond motifs is 1. The molecule has 8 nitrogen and oxygen atoms in total. The summed E-state index contributed by atoms with van der Waals surface area (Å²) in [4.78, 5) is 30.2. The van der Waals surface area contributed by atoms with Crippen molar-refractivity contribution in [3.05, 3.63) is 77.0 Å². The van der Waals surface area contributed by atoms with Gasteiger partial charge >= 0.3 is 5.97 Å². The molecule has 1 amide bonds. The number of hydrogen-bond acceptors (Lipinski definition) is 6. The molecule has 0 aliphatic carbocycles. The first-order valence-corrected chi connectivity index (χ1v) is 11.5. The van der Waals surface area contributed by atoms with Crippen LogP contribution in [0, 0.1) is 20.8 Å². The van der Waals surface area contributed by atoms with E-state index in [1.54, 1.807) is 6.92 Å². The number of benzene rings is 2. The highest BCUT2D eigenvalue weighted by Crippen LogP contribution is 2.26. The normalized spacial score (nSPS) is 10.9. The van der Waals surface area contributed by atoms with Crippen LogP contribution in [0.25, 0.3) is 16.7 Å².